The number of nitrogens with two attached hydrogens (primary N) is 1. The number of primary amides is 1. The van der Waals surface area contributed by atoms with E-state index in [1.807, 2.05) is 24.3 Å². The molecule has 0 fully saturated rings. The number of amides is 1. The molecule has 0 radical (unpaired) electrons. The standard InChI is InChI=1S/C16H10N4O3/c17-15(21)9-5-10(7-18-6-9)22-16-14-13(19-8-20-16)11-3-1-2-4-12(11)23-14/h1-8H,(H2,17,21). The number of nitrogens with zero attached hydrogens (tertiary/aromatic N) is 3. The number of benzene rings is 1. The molecular formula is C16H10N4O3. The number of hydrogen-bond acceptors (Lipinski definition) is 6. The molecule has 7 nitrogen and oxygen atoms in total. The van der Waals surface area contributed by atoms with Crippen LogP contribution in [0.5, 0.6) is 11.6 Å². The minimum atomic E-state index is -0.584. The molecule has 2 N–H and O–H groups in total. The second-order valence-corrected chi connectivity index (χ2v) is 4.83. The molecule has 7 heteroatoms. The van der Waals surface area contributed by atoms with Crippen molar-refractivity contribution in [3.63, 3.8) is 0 Å². The first kappa shape index (κ1) is 13.2. The van der Waals surface area contributed by atoms with Crippen LogP contribution in [0.15, 0.2) is 53.5 Å². The summed E-state index contributed by atoms with van der Waals surface area (Å²) in [6.45, 7) is 0. The van der Waals surface area contributed by atoms with Crippen LogP contribution in [0.3, 0.4) is 0 Å². The van der Waals surface area contributed by atoms with Crippen molar-refractivity contribution >= 4 is 28.0 Å². The molecule has 0 aliphatic rings. The van der Waals surface area contributed by atoms with Crippen molar-refractivity contribution in [1.82, 2.24) is 15.0 Å². The Morgan fingerprint density at radius 1 is 1.17 bits per heavy atom. The van der Waals surface area contributed by atoms with Crippen molar-refractivity contribution in [2.75, 3.05) is 0 Å². The number of carbonyl (C=O) groups excluding carboxylic acids is 1. The van der Waals surface area contributed by atoms with Crippen LogP contribution in [-0.2, 0) is 0 Å². The van der Waals surface area contributed by atoms with Gasteiger partial charge in [0.15, 0.2) is 0 Å². The molecule has 0 bridgehead atoms. The Hall–Kier alpha value is -3.48. The van der Waals surface area contributed by atoms with Crippen LogP contribution < -0.4 is 10.5 Å². The number of fused-ring (bicyclic) bond motifs is 3. The molecule has 0 spiro atoms. The van der Waals surface area contributed by atoms with Gasteiger partial charge in [0.1, 0.15) is 23.2 Å². The minimum Gasteiger partial charge on any atom is -0.449 e. The van der Waals surface area contributed by atoms with Crippen molar-refractivity contribution in [2.45, 2.75) is 0 Å². The second kappa shape index (κ2) is 5.06. The molecule has 4 rings (SSSR count). The summed E-state index contributed by atoms with van der Waals surface area (Å²) in [5, 5.41) is 0.874. The zero-order valence-electron chi connectivity index (χ0n) is 11.8. The SMILES string of the molecule is NC(=O)c1cncc(Oc2ncnc3c2oc2ccccc23)c1. The first-order valence-corrected chi connectivity index (χ1v) is 6.77. The maximum absolute atomic E-state index is 11.2. The molecule has 0 saturated heterocycles. The maximum atomic E-state index is 11.2. The van der Waals surface area contributed by atoms with Gasteiger partial charge in [0, 0.05) is 11.6 Å². The Morgan fingerprint density at radius 3 is 2.91 bits per heavy atom. The van der Waals surface area contributed by atoms with E-state index in [4.69, 9.17) is 14.9 Å². The summed E-state index contributed by atoms with van der Waals surface area (Å²) in [5.74, 6) is -0.00380. The zero-order valence-corrected chi connectivity index (χ0v) is 11.8. The van der Waals surface area contributed by atoms with Gasteiger partial charge in [0.2, 0.25) is 11.5 Å². The number of carbonyl (C=O) groups is 1. The third kappa shape index (κ3) is 2.24. The van der Waals surface area contributed by atoms with E-state index in [9.17, 15) is 4.79 Å². The van der Waals surface area contributed by atoms with Gasteiger partial charge < -0.3 is 14.9 Å². The number of aromatic nitrogens is 3. The summed E-state index contributed by atoms with van der Waals surface area (Å²) in [5.41, 5.74) is 7.26. The molecule has 0 saturated carbocycles. The summed E-state index contributed by atoms with van der Waals surface area (Å²) < 4.78 is 11.5. The molecule has 1 amide bonds. The average molecular weight is 306 g/mol. The van der Waals surface area contributed by atoms with Crippen molar-refractivity contribution in [3.8, 4) is 11.6 Å². The Labute approximate surface area is 129 Å². The predicted octanol–water partition coefficient (Wildman–Crippen LogP) is 2.66. The number of furan rings is 1. The number of rotatable bonds is 3. The summed E-state index contributed by atoms with van der Waals surface area (Å²) in [6, 6.07) is 9.02. The molecule has 0 unspecified atom stereocenters. The molecule has 112 valence electrons. The molecular weight excluding hydrogens is 296 g/mol. The fraction of sp³-hybridized carbons (Fsp3) is 0. The lowest BCUT2D eigenvalue weighted by Gasteiger charge is -2.04. The van der Waals surface area contributed by atoms with Crippen molar-refractivity contribution < 1.29 is 13.9 Å². The highest BCUT2D eigenvalue weighted by molar-refractivity contribution is 6.03. The van der Waals surface area contributed by atoms with Gasteiger partial charge in [-0.2, -0.15) is 4.98 Å². The number of pyridine rings is 1. The average Bonchev–Trinajstić information content (AvgIpc) is 2.95. The molecule has 3 aromatic heterocycles. The van der Waals surface area contributed by atoms with E-state index < -0.39 is 5.91 Å². The van der Waals surface area contributed by atoms with Crippen molar-refractivity contribution in [2.24, 2.45) is 5.73 Å². The Balaban J connectivity index is 1.83. The molecule has 4 aromatic rings. The summed E-state index contributed by atoms with van der Waals surface area (Å²) in [4.78, 5) is 23.5. The van der Waals surface area contributed by atoms with Gasteiger partial charge in [-0.25, -0.2) is 4.98 Å². The smallest absolute Gasteiger partial charge is 0.267 e. The third-order valence-corrected chi connectivity index (χ3v) is 3.34. The predicted molar refractivity (Wildman–Crippen MR) is 82.1 cm³/mol. The summed E-state index contributed by atoms with van der Waals surface area (Å²) in [7, 11) is 0. The molecule has 0 aliphatic heterocycles. The summed E-state index contributed by atoms with van der Waals surface area (Å²) >= 11 is 0. The number of ether oxygens (including phenoxy) is 1. The van der Waals surface area contributed by atoms with E-state index in [0.29, 0.717) is 22.4 Å². The molecule has 1 aromatic carbocycles. The zero-order chi connectivity index (χ0) is 15.8. The van der Waals surface area contributed by atoms with E-state index in [1.165, 1.54) is 24.8 Å². The van der Waals surface area contributed by atoms with E-state index in [2.05, 4.69) is 15.0 Å². The van der Waals surface area contributed by atoms with Gasteiger partial charge in [-0.3, -0.25) is 9.78 Å². The highest BCUT2D eigenvalue weighted by atomic mass is 16.5. The van der Waals surface area contributed by atoms with Gasteiger partial charge >= 0.3 is 0 Å². The number of hydrogen-bond donors (Lipinski definition) is 1. The Morgan fingerprint density at radius 2 is 2.04 bits per heavy atom. The van der Waals surface area contributed by atoms with Gasteiger partial charge in [-0.15, -0.1) is 0 Å². The normalized spacial score (nSPS) is 11.0. The lowest BCUT2D eigenvalue weighted by Crippen LogP contribution is -2.11. The van der Waals surface area contributed by atoms with Crippen LogP contribution >= 0.6 is 0 Å². The van der Waals surface area contributed by atoms with Gasteiger partial charge in [-0.1, -0.05) is 12.1 Å². The number of para-hydroxylation sites is 1. The molecule has 23 heavy (non-hydrogen) atoms. The Bertz CT molecular complexity index is 1040. The highest BCUT2D eigenvalue weighted by Gasteiger charge is 2.15. The lowest BCUT2D eigenvalue weighted by molar-refractivity contribution is 0.0999. The minimum absolute atomic E-state index is 0.245. The van der Waals surface area contributed by atoms with Crippen molar-refractivity contribution in [1.29, 1.82) is 0 Å². The molecule has 0 aliphatic carbocycles. The van der Waals surface area contributed by atoms with Crippen LogP contribution in [0.4, 0.5) is 0 Å². The third-order valence-electron chi connectivity index (χ3n) is 3.34. The largest absolute Gasteiger partial charge is 0.449 e. The van der Waals surface area contributed by atoms with Crippen LogP contribution in [0.1, 0.15) is 10.4 Å². The van der Waals surface area contributed by atoms with E-state index in [-0.39, 0.29) is 11.4 Å². The van der Waals surface area contributed by atoms with Gasteiger partial charge in [0.25, 0.3) is 5.88 Å². The quantitative estimate of drug-likeness (QED) is 0.624. The van der Waals surface area contributed by atoms with Gasteiger partial charge in [-0.05, 0) is 18.2 Å². The highest BCUT2D eigenvalue weighted by Crippen LogP contribution is 2.33. The van der Waals surface area contributed by atoms with Crippen LogP contribution in [0.2, 0.25) is 0 Å². The summed E-state index contributed by atoms with van der Waals surface area (Å²) in [6.07, 6.45) is 4.22. The monoisotopic (exact) mass is 306 g/mol. The van der Waals surface area contributed by atoms with E-state index >= 15 is 0 Å². The van der Waals surface area contributed by atoms with Crippen molar-refractivity contribution in [3.05, 3.63) is 54.6 Å². The van der Waals surface area contributed by atoms with Crippen LogP contribution in [-0.4, -0.2) is 20.9 Å². The van der Waals surface area contributed by atoms with E-state index in [1.54, 1.807) is 0 Å². The first-order valence-electron chi connectivity index (χ1n) is 6.77. The lowest BCUT2D eigenvalue weighted by atomic mass is 10.2. The molecule has 0 atom stereocenters. The first-order chi connectivity index (χ1) is 11.2. The second-order valence-electron chi connectivity index (χ2n) is 4.83. The van der Waals surface area contributed by atoms with Crippen LogP contribution in [0, 0.1) is 0 Å². The molecule has 3 heterocycles. The van der Waals surface area contributed by atoms with Crippen LogP contribution in [0.25, 0.3) is 22.1 Å². The fourth-order valence-corrected chi connectivity index (χ4v) is 2.30. The fourth-order valence-electron chi connectivity index (χ4n) is 2.30. The topological polar surface area (TPSA) is 104 Å². The van der Waals surface area contributed by atoms with E-state index in [0.717, 1.165) is 5.39 Å². The maximum Gasteiger partial charge on any atom is 0.267 e. The Kier molecular flexibility index (Phi) is 2.90. The van der Waals surface area contributed by atoms with Gasteiger partial charge in [0.05, 0.1) is 11.8 Å².